The summed E-state index contributed by atoms with van der Waals surface area (Å²) < 4.78 is 12.8. The van der Waals surface area contributed by atoms with Crippen molar-refractivity contribution in [3.63, 3.8) is 0 Å². The van der Waals surface area contributed by atoms with Crippen molar-refractivity contribution in [3.05, 3.63) is 29.8 Å². The van der Waals surface area contributed by atoms with Gasteiger partial charge in [0.05, 0.1) is 11.7 Å². The first-order valence-electron chi connectivity index (χ1n) is 4.43. The molecule has 1 fully saturated rings. The van der Waals surface area contributed by atoms with Gasteiger partial charge in [-0.25, -0.2) is 4.98 Å². The molecule has 0 unspecified atom stereocenters. The van der Waals surface area contributed by atoms with E-state index in [1.807, 2.05) is 6.07 Å². The van der Waals surface area contributed by atoms with Gasteiger partial charge in [0.25, 0.3) is 0 Å². The first-order chi connectivity index (χ1) is 6.36. The van der Waals surface area contributed by atoms with Gasteiger partial charge in [0.1, 0.15) is 0 Å². The Bertz CT molecular complexity index is 284. The number of nitrogens with zero attached hydrogens (tertiary/aromatic N) is 1. The van der Waals surface area contributed by atoms with Crippen LogP contribution in [0.5, 0.6) is 0 Å². The number of aromatic nitrogens is 1. The van der Waals surface area contributed by atoms with Crippen LogP contribution in [0.4, 0.5) is 4.39 Å². The number of nitrogens with one attached hydrogen (secondary N) is 2. The van der Waals surface area contributed by atoms with Crippen LogP contribution >= 0.6 is 0 Å². The zero-order chi connectivity index (χ0) is 9.10. The quantitative estimate of drug-likeness (QED) is 0.618. The molecule has 0 bridgehead atoms. The first-order valence-corrected chi connectivity index (χ1v) is 4.43. The fraction of sp³-hybridized carbons (Fsp3) is 0.444. The van der Waals surface area contributed by atoms with Gasteiger partial charge < -0.3 is 10.6 Å². The van der Waals surface area contributed by atoms with E-state index in [0.29, 0.717) is 0 Å². The fourth-order valence-electron chi connectivity index (χ4n) is 1.48. The summed E-state index contributed by atoms with van der Waals surface area (Å²) in [5.41, 5.74) is 0.771. The summed E-state index contributed by atoms with van der Waals surface area (Å²) in [6.07, 6.45) is 0. The number of piperazine rings is 1. The third kappa shape index (κ3) is 2.02. The minimum Gasteiger partial charge on any atom is -0.314 e. The van der Waals surface area contributed by atoms with Crippen molar-refractivity contribution in [2.24, 2.45) is 0 Å². The highest BCUT2D eigenvalue weighted by Crippen LogP contribution is 2.10. The summed E-state index contributed by atoms with van der Waals surface area (Å²) in [4.78, 5) is 3.83. The van der Waals surface area contributed by atoms with Gasteiger partial charge in [-0.2, -0.15) is 4.39 Å². The lowest BCUT2D eigenvalue weighted by Gasteiger charge is -2.23. The van der Waals surface area contributed by atoms with Crippen molar-refractivity contribution in [1.82, 2.24) is 15.6 Å². The Hall–Kier alpha value is -1.00. The van der Waals surface area contributed by atoms with Crippen molar-refractivity contribution in [2.75, 3.05) is 19.6 Å². The highest BCUT2D eigenvalue weighted by atomic mass is 19.1. The molecular formula is C9H12FN3. The molecule has 0 aromatic carbocycles. The second-order valence-electron chi connectivity index (χ2n) is 3.10. The van der Waals surface area contributed by atoms with Gasteiger partial charge in [0.2, 0.25) is 5.95 Å². The number of hydrogen-bond acceptors (Lipinski definition) is 3. The van der Waals surface area contributed by atoms with Crippen molar-refractivity contribution < 1.29 is 4.39 Å². The lowest BCUT2D eigenvalue weighted by Crippen LogP contribution is -2.43. The fourth-order valence-corrected chi connectivity index (χ4v) is 1.48. The summed E-state index contributed by atoms with van der Waals surface area (Å²) in [7, 11) is 0. The van der Waals surface area contributed by atoms with Gasteiger partial charge >= 0.3 is 0 Å². The largest absolute Gasteiger partial charge is 0.314 e. The second-order valence-corrected chi connectivity index (χ2v) is 3.10. The lowest BCUT2D eigenvalue weighted by atomic mass is 10.1. The maximum atomic E-state index is 12.8. The topological polar surface area (TPSA) is 37.0 Å². The molecule has 1 aromatic heterocycles. The van der Waals surface area contributed by atoms with Crippen LogP contribution in [0.15, 0.2) is 18.2 Å². The minimum absolute atomic E-state index is 0.143. The first kappa shape index (κ1) is 8.59. The molecule has 0 spiro atoms. The van der Waals surface area contributed by atoms with Gasteiger partial charge in [-0.3, -0.25) is 0 Å². The second kappa shape index (κ2) is 3.81. The average Bonchev–Trinajstić information content (AvgIpc) is 2.19. The molecule has 0 amide bonds. The monoisotopic (exact) mass is 181 g/mol. The molecule has 1 aromatic rings. The number of hydrogen-bond donors (Lipinski definition) is 2. The van der Waals surface area contributed by atoms with E-state index in [1.165, 1.54) is 6.07 Å². The Labute approximate surface area is 76.4 Å². The predicted octanol–water partition coefficient (Wildman–Crippen LogP) is 0.455. The van der Waals surface area contributed by atoms with Gasteiger partial charge in [0.15, 0.2) is 0 Å². The Balaban J connectivity index is 2.14. The maximum absolute atomic E-state index is 12.8. The Morgan fingerprint density at radius 3 is 3.00 bits per heavy atom. The van der Waals surface area contributed by atoms with E-state index in [9.17, 15) is 4.39 Å². The van der Waals surface area contributed by atoms with Crippen LogP contribution in [0.25, 0.3) is 0 Å². The van der Waals surface area contributed by atoms with Crippen LogP contribution in [0.3, 0.4) is 0 Å². The number of pyridine rings is 1. The molecule has 1 aliphatic heterocycles. The normalized spacial score (nSPS) is 23.0. The lowest BCUT2D eigenvalue weighted by molar-refractivity contribution is 0.417. The molecule has 1 atom stereocenters. The highest BCUT2D eigenvalue weighted by molar-refractivity contribution is 5.10. The standard InChI is InChI=1S/C9H12FN3/c10-9-3-1-2-7(13-9)8-6-11-4-5-12-8/h1-3,8,11-12H,4-6H2/t8-/m1/s1. The van der Waals surface area contributed by atoms with Gasteiger partial charge in [0, 0.05) is 19.6 Å². The molecule has 4 heteroatoms. The van der Waals surface area contributed by atoms with Gasteiger partial charge in [-0.15, -0.1) is 0 Å². The minimum atomic E-state index is -0.412. The molecule has 0 radical (unpaired) electrons. The summed E-state index contributed by atoms with van der Waals surface area (Å²) in [5.74, 6) is -0.412. The third-order valence-electron chi connectivity index (χ3n) is 2.13. The van der Waals surface area contributed by atoms with Crippen molar-refractivity contribution in [1.29, 1.82) is 0 Å². The van der Waals surface area contributed by atoms with E-state index >= 15 is 0 Å². The van der Waals surface area contributed by atoms with E-state index in [-0.39, 0.29) is 6.04 Å². The van der Waals surface area contributed by atoms with Crippen LogP contribution < -0.4 is 10.6 Å². The van der Waals surface area contributed by atoms with Crippen molar-refractivity contribution >= 4 is 0 Å². The molecule has 2 N–H and O–H groups in total. The summed E-state index contributed by atoms with van der Waals surface area (Å²) in [6.45, 7) is 2.69. The zero-order valence-electron chi connectivity index (χ0n) is 7.26. The van der Waals surface area contributed by atoms with Crippen LogP contribution in [0.1, 0.15) is 11.7 Å². The summed E-state index contributed by atoms with van der Waals surface area (Å²) in [5, 5.41) is 6.50. The SMILES string of the molecule is Fc1cccc([C@H]2CNCCN2)n1. The summed E-state index contributed by atoms with van der Waals surface area (Å²) in [6, 6.07) is 5.03. The third-order valence-corrected chi connectivity index (χ3v) is 2.13. The Kier molecular flexibility index (Phi) is 2.52. The predicted molar refractivity (Wildman–Crippen MR) is 47.8 cm³/mol. The number of rotatable bonds is 1. The summed E-state index contributed by atoms with van der Waals surface area (Å²) >= 11 is 0. The zero-order valence-corrected chi connectivity index (χ0v) is 7.26. The van der Waals surface area contributed by atoms with Crippen molar-refractivity contribution in [3.8, 4) is 0 Å². The average molecular weight is 181 g/mol. The molecule has 1 saturated heterocycles. The van der Waals surface area contributed by atoms with E-state index in [1.54, 1.807) is 6.07 Å². The van der Waals surface area contributed by atoms with Crippen LogP contribution in [0.2, 0.25) is 0 Å². The van der Waals surface area contributed by atoms with Crippen molar-refractivity contribution in [2.45, 2.75) is 6.04 Å². The molecule has 2 heterocycles. The van der Waals surface area contributed by atoms with Gasteiger partial charge in [-0.05, 0) is 12.1 Å². The van der Waals surface area contributed by atoms with Gasteiger partial charge in [-0.1, -0.05) is 6.07 Å². The number of halogens is 1. The van der Waals surface area contributed by atoms with E-state index in [0.717, 1.165) is 25.3 Å². The molecular weight excluding hydrogens is 169 g/mol. The molecule has 0 saturated carbocycles. The van der Waals surface area contributed by atoms with Crippen LogP contribution in [-0.2, 0) is 0 Å². The Morgan fingerprint density at radius 2 is 2.31 bits per heavy atom. The van der Waals surface area contributed by atoms with Crippen LogP contribution in [0, 0.1) is 5.95 Å². The Morgan fingerprint density at radius 1 is 1.38 bits per heavy atom. The molecule has 2 rings (SSSR count). The maximum Gasteiger partial charge on any atom is 0.213 e. The molecule has 70 valence electrons. The molecule has 13 heavy (non-hydrogen) atoms. The van der Waals surface area contributed by atoms with Crippen LogP contribution in [-0.4, -0.2) is 24.6 Å². The molecule has 0 aliphatic carbocycles. The molecule has 1 aliphatic rings. The highest BCUT2D eigenvalue weighted by Gasteiger charge is 2.15. The molecule has 3 nitrogen and oxygen atoms in total. The van der Waals surface area contributed by atoms with E-state index in [4.69, 9.17) is 0 Å². The van der Waals surface area contributed by atoms with E-state index < -0.39 is 5.95 Å². The smallest absolute Gasteiger partial charge is 0.213 e. The van der Waals surface area contributed by atoms with E-state index in [2.05, 4.69) is 15.6 Å².